The van der Waals surface area contributed by atoms with Gasteiger partial charge in [0.05, 0.1) is 5.02 Å². The molecule has 0 aromatic heterocycles. The maximum absolute atomic E-state index is 13.8. The van der Waals surface area contributed by atoms with Crippen molar-refractivity contribution in [2.45, 2.75) is 20.8 Å². The van der Waals surface area contributed by atoms with Crippen LogP contribution >= 0.6 is 11.6 Å². The molecule has 0 spiro atoms. The molecule has 96 valence electrons. The molecule has 0 aliphatic rings. The van der Waals surface area contributed by atoms with E-state index in [2.05, 4.69) is 0 Å². The Kier molecular flexibility index (Phi) is 5.29. The van der Waals surface area contributed by atoms with Crippen LogP contribution in [0.1, 0.15) is 19.4 Å². The van der Waals surface area contributed by atoms with Crippen LogP contribution < -0.4 is 0 Å². The molecule has 18 heavy (non-hydrogen) atoms. The molecule has 0 radical (unpaired) electrons. The minimum Gasteiger partial charge on any atom is -0.206 e. The molecule has 0 aliphatic heterocycles. The van der Waals surface area contributed by atoms with Crippen molar-refractivity contribution in [2.75, 3.05) is 0 Å². The Morgan fingerprint density at radius 1 is 0.889 bits per heavy atom. The van der Waals surface area contributed by atoms with Crippen LogP contribution in [0.15, 0.2) is 36.4 Å². The summed E-state index contributed by atoms with van der Waals surface area (Å²) in [5, 5.41) is -0.0491. The molecule has 0 amide bonds. The van der Waals surface area contributed by atoms with Crippen molar-refractivity contribution in [1.82, 2.24) is 0 Å². The summed E-state index contributed by atoms with van der Waals surface area (Å²) in [5.41, 5.74) is 1.21. The van der Waals surface area contributed by atoms with E-state index in [9.17, 15) is 8.78 Å². The summed E-state index contributed by atoms with van der Waals surface area (Å²) >= 11 is 5.81. The largest absolute Gasteiger partial charge is 0.206 e. The second-order valence-corrected chi connectivity index (χ2v) is 3.92. The number of hydrogen-bond donors (Lipinski definition) is 0. The monoisotopic (exact) mass is 268 g/mol. The SMILES string of the molecule is CC.Cc1cccc(-c2cccc(F)c2Cl)c1F. The fraction of sp³-hybridized carbons (Fsp3) is 0.200. The molecule has 0 bridgehead atoms. The Labute approximate surface area is 111 Å². The van der Waals surface area contributed by atoms with Crippen LogP contribution in [-0.4, -0.2) is 0 Å². The molecule has 3 heteroatoms. The first kappa shape index (κ1) is 14.7. The third kappa shape index (κ3) is 2.88. The van der Waals surface area contributed by atoms with E-state index < -0.39 is 5.82 Å². The average Bonchev–Trinajstić information content (AvgIpc) is 2.39. The smallest absolute Gasteiger partial charge is 0.142 e. The molecular formula is C15H15ClF2. The number of hydrogen-bond acceptors (Lipinski definition) is 0. The van der Waals surface area contributed by atoms with Gasteiger partial charge in [-0.3, -0.25) is 0 Å². The summed E-state index contributed by atoms with van der Waals surface area (Å²) < 4.78 is 27.1. The highest BCUT2D eigenvalue weighted by Crippen LogP contribution is 2.32. The summed E-state index contributed by atoms with van der Waals surface area (Å²) in [6.45, 7) is 5.66. The minimum absolute atomic E-state index is 0.0491. The van der Waals surface area contributed by atoms with Gasteiger partial charge in [0.1, 0.15) is 11.6 Å². The quantitative estimate of drug-likeness (QED) is 0.630. The maximum Gasteiger partial charge on any atom is 0.142 e. The second-order valence-electron chi connectivity index (χ2n) is 3.54. The molecule has 0 saturated carbocycles. The number of halogens is 3. The van der Waals surface area contributed by atoms with E-state index in [1.54, 1.807) is 31.2 Å². The van der Waals surface area contributed by atoms with Crippen LogP contribution in [0.5, 0.6) is 0 Å². The molecule has 0 heterocycles. The second kappa shape index (κ2) is 6.50. The normalized spacial score (nSPS) is 9.67. The predicted octanol–water partition coefficient (Wildman–Crippen LogP) is 5.62. The Bertz CT molecular complexity index is 487. The zero-order valence-electron chi connectivity index (χ0n) is 10.6. The van der Waals surface area contributed by atoms with E-state index in [4.69, 9.17) is 11.6 Å². The summed E-state index contributed by atoms with van der Waals surface area (Å²) in [7, 11) is 0. The summed E-state index contributed by atoms with van der Waals surface area (Å²) in [4.78, 5) is 0. The van der Waals surface area contributed by atoms with Crippen LogP contribution in [0.3, 0.4) is 0 Å². The summed E-state index contributed by atoms with van der Waals surface area (Å²) in [6.07, 6.45) is 0. The van der Waals surface area contributed by atoms with Crippen molar-refractivity contribution in [2.24, 2.45) is 0 Å². The standard InChI is InChI=1S/C13H9ClF2.C2H6/c1-8-4-2-6-10(13(8)16)9-5-3-7-11(15)12(9)14;1-2/h2-7H,1H3;1-2H3. The van der Waals surface area contributed by atoms with Crippen LogP contribution in [0, 0.1) is 18.6 Å². The van der Waals surface area contributed by atoms with E-state index in [-0.39, 0.29) is 10.8 Å². The van der Waals surface area contributed by atoms with Crippen LogP contribution in [0.4, 0.5) is 8.78 Å². The molecule has 0 saturated heterocycles. The van der Waals surface area contributed by atoms with Gasteiger partial charge in [-0.1, -0.05) is 55.8 Å². The first-order chi connectivity index (χ1) is 8.61. The first-order valence-electron chi connectivity index (χ1n) is 5.80. The fourth-order valence-electron chi connectivity index (χ4n) is 1.57. The van der Waals surface area contributed by atoms with Crippen molar-refractivity contribution >= 4 is 11.6 Å². The van der Waals surface area contributed by atoms with Gasteiger partial charge in [-0.05, 0) is 18.6 Å². The van der Waals surface area contributed by atoms with E-state index in [0.29, 0.717) is 16.7 Å². The van der Waals surface area contributed by atoms with E-state index >= 15 is 0 Å². The molecule has 0 aliphatic carbocycles. The molecule has 0 unspecified atom stereocenters. The van der Waals surface area contributed by atoms with Crippen molar-refractivity contribution in [1.29, 1.82) is 0 Å². The molecule has 0 fully saturated rings. The summed E-state index contributed by atoms with van der Waals surface area (Å²) in [6, 6.07) is 9.32. The van der Waals surface area contributed by atoms with Gasteiger partial charge in [-0.25, -0.2) is 8.78 Å². The minimum atomic E-state index is -0.542. The van der Waals surface area contributed by atoms with Crippen molar-refractivity contribution < 1.29 is 8.78 Å². The molecule has 0 N–H and O–H groups in total. The predicted molar refractivity (Wildman–Crippen MR) is 72.9 cm³/mol. The van der Waals surface area contributed by atoms with Gasteiger partial charge in [0.25, 0.3) is 0 Å². The van der Waals surface area contributed by atoms with Gasteiger partial charge >= 0.3 is 0 Å². The fourth-order valence-corrected chi connectivity index (χ4v) is 1.80. The van der Waals surface area contributed by atoms with Gasteiger partial charge in [0.15, 0.2) is 0 Å². The van der Waals surface area contributed by atoms with Crippen LogP contribution in [-0.2, 0) is 0 Å². The van der Waals surface area contributed by atoms with Crippen LogP contribution in [0.25, 0.3) is 11.1 Å². The number of benzene rings is 2. The van der Waals surface area contributed by atoms with Gasteiger partial charge in [0, 0.05) is 11.1 Å². The lowest BCUT2D eigenvalue weighted by Crippen LogP contribution is -1.90. The molecular weight excluding hydrogens is 254 g/mol. The zero-order chi connectivity index (χ0) is 13.7. The van der Waals surface area contributed by atoms with E-state index in [1.165, 1.54) is 12.1 Å². The van der Waals surface area contributed by atoms with Gasteiger partial charge in [0.2, 0.25) is 0 Å². The maximum atomic E-state index is 13.8. The third-order valence-corrected chi connectivity index (χ3v) is 2.82. The Balaban J connectivity index is 0.000000771. The lowest BCUT2D eigenvalue weighted by molar-refractivity contribution is 0.619. The molecule has 2 aromatic rings. The highest BCUT2D eigenvalue weighted by atomic mass is 35.5. The molecule has 0 atom stereocenters. The van der Waals surface area contributed by atoms with Crippen LogP contribution in [0.2, 0.25) is 5.02 Å². The van der Waals surface area contributed by atoms with Gasteiger partial charge in [-0.15, -0.1) is 0 Å². The molecule has 0 nitrogen and oxygen atoms in total. The number of aryl methyl sites for hydroxylation is 1. The van der Waals surface area contributed by atoms with Crippen molar-refractivity contribution in [3.8, 4) is 11.1 Å². The lowest BCUT2D eigenvalue weighted by atomic mass is 10.0. The molecule has 2 rings (SSSR count). The van der Waals surface area contributed by atoms with Gasteiger partial charge < -0.3 is 0 Å². The Morgan fingerprint density at radius 2 is 1.44 bits per heavy atom. The average molecular weight is 269 g/mol. The van der Waals surface area contributed by atoms with Crippen molar-refractivity contribution in [3.05, 3.63) is 58.6 Å². The molecule has 2 aromatic carbocycles. The first-order valence-corrected chi connectivity index (χ1v) is 6.18. The Morgan fingerprint density at radius 3 is 2.11 bits per heavy atom. The Hall–Kier alpha value is -1.41. The third-order valence-electron chi connectivity index (χ3n) is 2.43. The topological polar surface area (TPSA) is 0 Å². The highest BCUT2D eigenvalue weighted by Gasteiger charge is 2.12. The summed E-state index contributed by atoms with van der Waals surface area (Å²) in [5.74, 6) is -0.907. The van der Waals surface area contributed by atoms with E-state index in [1.807, 2.05) is 13.8 Å². The zero-order valence-corrected chi connectivity index (χ0v) is 11.4. The van der Waals surface area contributed by atoms with E-state index in [0.717, 1.165) is 0 Å². The highest BCUT2D eigenvalue weighted by molar-refractivity contribution is 6.33. The lowest BCUT2D eigenvalue weighted by Gasteiger charge is -2.08. The van der Waals surface area contributed by atoms with Gasteiger partial charge in [-0.2, -0.15) is 0 Å². The van der Waals surface area contributed by atoms with Crippen molar-refractivity contribution in [3.63, 3.8) is 0 Å². The number of rotatable bonds is 1.